The SMILES string of the molecule is C[B]Cc1cccc(C)c1F. The van der Waals surface area contributed by atoms with Crippen LogP contribution in [0.15, 0.2) is 18.2 Å². The molecular formula is C9H11BF. The highest BCUT2D eigenvalue weighted by atomic mass is 19.1. The van der Waals surface area contributed by atoms with Crippen LogP contribution in [0, 0.1) is 12.7 Å². The van der Waals surface area contributed by atoms with E-state index in [1.165, 1.54) is 0 Å². The van der Waals surface area contributed by atoms with Crippen LogP contribution >= 0.6 is 0 Å². The molecule has 0 nitrogen and oxygen atoms in total. The summed E-state index contributed by atoms with van der Waals surface area (Å²) in [5.74, 6) is -0.0643. The van der Waals surface area contributed by atoms with E-state index in [2.05, 4.69) is 0 Å². The topological polar surface area (TPSA) is 0 Å². The summed E-state index contributed by atoms with van der Waals surface area (Å²) in [7, 11) is 1.96. The molecule has 1 rings (SSSR count). The second-order valence-corrected chi connectivity index (χ2v) is 2.66. The molecule has 0 heterocycles. The van der Waals surface area contributed by atoms with E-state index in [1.54, 1.807) is 13.0 Å². The van der Waals surface area contributed by atoms with Crippen LogP contribution in [0.3, 0.4) is 0 Å². The number of rotatable bonds is 2. The first-order chi connectivity index (χ1) is 5.25. The van der Waals surface area contributed by atoms with E-state index in [-0.39, 0.29) is 5.82 Å². The Bertz CT molecular complexity index is 245. The Kier molecular flexibility index (Phi) is 2.69. The Balaban J connectivity index is 2.96. The third kappa shape index (κ3) is 1.82. The fourth-order valence-corrected chi connectivity index (χ4v) is 1.09. The minimum absolute atomic E-state index is 0.0643. The fraction of sp³-hybridized carbons (Fsp3) is 0.333. The van der Waals surface area contributed by atoms with Gasteiger partial charge in [0.2, 0.25) is 0 Å². The molecule has 1 radical (unpaired) electrons. The molecule has 1 aromatic rings. The van der Waals surface area contributed by atoms with Crippen molar-refractivity contribution in [3.8, 4) is 0 Å². The Morgan fingerprint density at radius 1 is 1.45 bits per heavy atom. The molecule has 11 heavy (non-hydrogen) atoms. The van der Waals surface area contributed by atoms with E-state index in [4.69, 9.17) is 0 Å². The first-order valence-electron chi connectivity index (χ1n) is 3.77. The van der Waals surface area contributed by atoms with Gasteiger partial charge in [0, 0.05) is 0 Å². The Morgan fingerprint density at radius 2 is 2.18 bits per heavy atom. The maximum Gasteiger partial charge on any atom is 0.128 e. The normalized spacial score (nSPS) is 9.73. The highest BCUT2D eigenvalue weighted by Crippen LogP contribution is 2.11. The van der Waals surface area contributed by atoms with Crippen molar-refractivity contribution >= 4 is 7.28 Å². The molecule has 0 amide bonds. The number of hydrogen-bond acceptors (Lipinski definition) is 0. The zero-order valence-corrected chi connectivity index (χ0v) is 6.89. The van der Waals surface area contributed by atoms with Crippen molar-refractivity contribution in [3.05, 3.63) is 35.1 Å². The molecule has 0 atom stereocenters. The average molecular weight is 149 g/mol. The maximum absolute atomic E-state index is 13.2. The van der Waals surface area contributed by atoms with Crippen molar-refractivity contribution in [1.82, 2.24) is 0 Å². The number of benzene rings is 1. The fourth-order valence-electron chi connectivity index (χ4n) is 1.09. The molecule has 0 spiro atoms. The van der Waals surface area contributed by atoms with E-state index in [0.717, 1.165) is 11.1 Å². The standard InChI is InChI=1S/C9H11BF/c1-7-4-3-5-8(6-10-2)9(7)11/h3-5H,6H2,1-2H3. The summed E-state index contributed by atoms with van der Waals surface area (Å²) in [5, 5.41) is 0. The van der Waals surface area contributed by atoms with Gasteiger partial charge in [-0.1, -0.05) is 31.3 Å². The van der Waals surface area contributed by atoms with Crippen LogP contribution < -0.4 is 0 Å². The highest BCUT2D eigenvalue weighted by Gasteiger charge is 2.02. The molecule has 0 fully saturated rings. The van der Waals surface area contributed by atoms with E-state index in [9.17, 15) is 4.39 Å². The molecule has 0 aromatic heterocycles. The Labute approximate surface area is 67.7 Å². The molecule has 0 aliphatic heterocycles. The minimum Gasteiger partial charge on any atom is -0.206 e. The van der Waals surface area contributed by atoms with Crippen molar-refractivity contribution in [3.63, 3.8) is 0 Å². The van der Waals surface area contributed by atoms with Gasteiger partial charge in [-0.3, -0.25) is 0 Å². The molecule has 0 N–H and O–H groups in total. The van der Waals surface area contributed by atoms with Crippen molar-refractivity contribution in [2.24, 2.45) is 0 Å². The molecule has 2 heteroatoms. The van der Waals surface area contributed by atoms with E-state index >= 15 is 0 Å². The van der Waals surface area contributed by atoms with Gasteiger partial charge in [-0.25, -0.2) is 4.39 Å². The Hall–Kier alpha value is -0.785. The van der Waals surface area contributed by atoms with Gasteiger partial charge < -0.3 is 0 Å². The van der Waals surface area contributed by atoms with Gasteiger partial charge in [-0.15, -0.1) is 0 Å². The van der Waals surface area contributed by atoms with E-state index in [0.29, 0.717) is 6.32 Å². The summed E-state index contributed by atoms with van der Waals surface area (Å²) in [6, 6.07) is 5.49. The molecular weight excluding hydrogens is 138 g/mol. The van der Waals surface area contributed by atoms with Crippen LogP contribution in [0.2, 0.25) is 6.82 Å². The number of aryl methyl sites for hydroxylation is 1. The van der Waals surface area contributed by atoms with Crippen molar-refractivity contribution in [2.45, 2.75) is 20.1 Å². The van der Waals surface area contributed by atoms with Crippen LogP contribution in [0.5, 0.6) is 0 Å². The summed E-state index contributed by atoms with van der Waals surface area (Å²) < 4.78 is 13.2. The predicted octanol–water partition coefficient (Wildman–Crippen LogP) is 2.39. The van der Waals surface area contributed by atoms with E-state index in [1.807, 2.05) is 26.2 Å². The molecule has 0 aliphatic carbocycles. The van der Waals surface area contributed by atoms with Crippen LogP contribution in [0.1, 0.15) is 11.1 Å². The molecule has 0 unspecified atom stereocenters. The molecule has 0 saturated carbocycles. The predicted molar refractivity (Wildman–Crippen MR) is 46.5 cm³/mol. The third-order valence-electron chi connectivity index (χ3n) is 1.70. The maximum atomic E-state index is 13.2. The Morgan fingerprint density at radius 3 is 2.82 bits per heavy atom. The lowest BCUT2D eigenvalue weighted by molar-refractivity contribution is 0.607. The van der Waals surface area contributed by atoms with Crippen molar-refractivity contribution in [2.75, 3.05) is 0 Å². The van der Waals surface area contributed by atoms with Crippen molar-refractivity contribution < 1.29 is 4.39 Å². The zero-order chi connectivity index (χ0) is 8.27. The summed E-state index contributed by atoms with van der Waals surface area (Å²) in [6.07, 6.45) is 0.716. The monoisotopic (exact) mass is 149 g/mol. The number of hydrogen-bond donors (Lipinski definition) is 0. The molecule has 0 aliphatic rings. The summed E-state index contributed by atoms with van der Waals surface area (Å²) >= 11 is 0. The first kappa shape index (κ1) is 8.31. The summed E-state index contributed by atoms with van der Waals surface area (Å²) in [5.41, 5.74) is 1.51. The van der Waals surface area contributed by atoms with Crippen LogP contribution in [-0.2, 0) is 6.32 Å². The lowest BCUT2D eigenvalue weighted by atomic mass is 9.75. The van der Waals surface area contributed by atoms with Gasteiger partial charge >= 0.3 is 0 Å². The van der Waals surface area contributed by atoms with Crippen LogP contribution in [0.4, 0.5) is 4.39 Å². The minimum atomic E-state index is -0.0643. The zero-order valence-electron chi connectivity index (χ0n) is 6.89. The van der Waals surface area contributed by atoms with Gasteiger partial charge in [-0.2, -0.15) is 0 Å². The third-order valence-corrected chi connectivity index (χ3v) is 1.70. The molecule has 0 bridgehead atoms. The average Bonchev–Trinajstić information content (AvgIpc) is 1.99. The van der Waals surface area contributed by atoms with Gasteiger partial charge in [0.1, 0.15) is 13.1 Å². The smallest absolute Gasteiger partial charge is 0.128 e. The lowest BCUT2D eigenvalue weighted by Gasteiger charge is -2.02. The summed E-state index contributed by atoms with van der Waals surface area (Å²) in [6.45, 7) is 3.72. The molecule has 57 valence electrons. The van der Waals surface area contributed by atoms with Crippen LogP contribution in [0.25, 0.3) is 0 Å². The highest BCUT2D eigenvalue weighted by molar-refractivity contribution is 6.32. The number of halogens is 1. The van der Waals surface area contributed by atoms with Gasteiger partial charge in [0.05, 0.1) is 0 Å². The second-order valence-electron chi connectivity index (χ2n) is 2.66. The second kappa shape index (κ2) is 3.56. The van der Waals surface area contributed by atoms with Gasteiger partial charge in [0.25, 0.3) is 0 Å². The van der Waals surface area contributed by atoms with Crippen molar-refractivity contribution in [1.29, 1.82) is 0 Å². The summed E-state index contributed by atoms with van der Waals surface area (Å²) in [4.78, 5) is 0. The first-order valence-corrected chi connectivity index (χ1v) is 3.77. The molecule has 0 saturated heterocycles. The quantitative estimate of drug-likeness (QED) is 0.566. The van der Waals surface area contributed by atoms with Gasteiger partial charge in [0.15, 0.2) is 0 Å². The molecule has 1 aromatic carbocycles. The van der Waals surface area contributed by atoms with E-state index < -0.39 is 0 Å². The lowest BCUT2D eigenvalue weighted by Crippen LogP contribution is -1.96. The van der Waals surface area contributed by atoms with Gasteiger partial charge in [-0.05, 0) is 18.1 Å². The van der Waals surface area contributed by atoms with Crippen LogP contribution in [-0.4, -0.2) is 7.28 Å². The largest absolute Gasteiger partial charge is 0.206 e.